The summed E-state index contributed by atoms with van der Waals surface area (Å²) in [4.78, 5) is 13.5. The van der Waals surface area contributed by atoms with Crippen LogP contribution in [0, 0.1) is 19.8 Å². The number of hydrogen-bond acceptors (Lipinski definition) is 5. The second-order valence-corrected chi connectivity index (χ2v) is 8.25. The fourth-order valence-electron chi connectivity index (χ4n) is 4.71. The Balaban J connectivity index is 1.33. The van der Waals surface area contributed by atoms with Crippen molar-refractivity contribution in [1.29, 1.82) is 0 Å². The van der Waals surface area contributed by atoms with Gasteiger partial charge < -0.3 is 10.0 Å². The molecule has 0 radical (unpaired) electrons. The number of likely N-dealkylation sites (tertiary alicyclic amines) is 1. The molecule has 0 aliphatic carbocycles. The van der Waals surface area contributed by atoms with E-state index >= 15 is 0 Å². The monoisotopic (exact) mass is 366 g/mol. The molecular weight excluding hydrogens is 336 g/mol. The lowest BCUT2D eigenvalue weighted by atomic mass is 10.00. The molecule has 1 aromatic heterocycles. The molecule has 2 saturated heterocycles. The van der Waals surface area contributed by atoms with Crippen molar-refractivity contribution in [2.75, 3.05) is 31.1 Å². The molecule has 0 unspecified atom stereocenters. The molecule has 144 valence electrons. The standard InChI is InChI=1S/C22H30N4O/c1-16-9-17(2)11-21(10-16)25-7-3-20(4-8-25)26-14-18(22(27)15-26)12-19-13-23-5-6-24-19/h5-6,9-11,13,18,20,22,27H,3-4,7-8,12,14-15H2,1-2H3/t18-,22-/m1/s1. The second-order valence-electron chi connectivity index (χ2n) is 8.25. The van der Waals surface area contributed by atoms with E-state index in [1.807, 2.05) is 6.20 Å². The maximum Gasteiger partial charge on any atom is 0.0711 e. The Morgan fingerprint density at radius 1 is 1.04 bits per heavy atom. The Hall–Kier alpha value is -1.98. The van der Waals surface area contributed by atoms with Gasteiger partial charge in [0.25, 0.3) is 0 Å². The largest absolute Gasteiger partial charge is 0.391 e. The summed E-state index contributed by atoms with van der Waals surface area (Å²) in [5.41, 5.74) is 5.00. The second kappa shape index (κ2) is 7.95. The average molecular weight is 367 g/mol. The highest BCUT2D eigenvalue weighted by atomic mass is 16.3. The van der Waals surface area contributed by atoms with Crippen LogP contribution in [0.4, 0.5) is 5.69 Å². The number of aryl methyl sites for hydroxylation is 2. The minimum absolute atomic E-state index is 0.260. The van der Waals surface area contributed by atoms with Gasteiger partial charge in [0, 0.05) is 62.4 Å². The van der Waals surface area contributed by atoms with Crippen LogP contribution in [0.25, 0.3) is 0 Å². The molecule has 1 aromatic carbocycles. The van der Waals surface area contributed by atoms with Gasteiger partial charge in [-0.2, -0.15) is 0 Å². The van der Waals surface area contributed by atoms with Gasteiger partial charge in [0.05, 0.1) is 11.8 Å². The number of β-amino-alcohol motifs (C(OH)–C–C–N with tert-alkyl or cyclic N) is 1. The number of aliphatic hydroxyl groups is 1. The minimum atomic E-state index is -0.260. The third kappa shape index (κ3) is 4.30. The number of hydrogen-bond donors (Lipinski definition) is 1. The molecule has 2 fully saturated rings. The molecule has 0 saturated carbocycles. The summed E-state index contributed by atoms with van der Waals surface area (Å²) >= 11 is 0. The molecular formula is C22H30N4O. The smallest absolute Gasteiger partial charge is 0.0711 e. The number of piperidine rings is 1. The Morgan fingerprint density at radius 3 is 2.44 bits per heavy atom. The third-order valence-corrected chi connectivity index (χ3v) is 6.08. The zero-order valence-corrected chi connectivity index (χ0v) is 16.4. The summed E-state index contributed by atoms with van der Waals surface area (Å²) in [7, 11) is 0. The highest BCUT2D eigenvalue weighted by Crippen LogP contribution is 2.29. The van der Waals surface area contributed by atoms with Crippen molar-refractivity contribution < 1.29 is 5.11 Å². The molecule has 0 bridgehead atoms. The number of benzene rings is 1. The van der Waals surface area contributed by atoms with E-state index in [0.29, 0.717) is 6.04 Å². The van der Waals surface area contributed by atoms with E-state index in [0.717, 1.165) is 51.1 Å². The van der Waals surface area contributed by atoms with E-state index in [4.69, 9.17) is 0 Å². The van der Waals surface area contributed by atoms with Gasteiger partial charge in [-0.25, -0.2) is 0 Å². The highest BCUT2D eigenvalue weighted by molar-refractivity contribution is 5.51. The van der Waals surface area contributed by atoms with Crippen LogP contribution in [0.15, 0.2) is 36.8 Å². The predicted molar refractivity (Wildman–Crippen MR) is 108 cm³/mol. The molecule has 2 aromatic rings. The normalized spacial score (nSPS) is 24.5. The van der Waals surface area contributed by atoms with Gasteiger partial charge in [-0.15, -0.1) is 0 Å². The summed E-state index contributed by atoms with van der Waals surface area (Å²) in [5, 5.41) is 10.5. The fourth-order valence-corrected chi connectivity index (χ4v) is 4.71. The molecule has 2 atom stereocenters. The van der Waals surface area contributed by atoms with Gasteiger partial charge in [-0.3, -0.25) is 14.9 Å². The maximum absolute atomic E-state index is 10.5. The summed E-state index contributed by atoms with van der Waals surface area (Å²) in [6.45, 7) is 8.29. The average Bonchev–Trinajstić information content (AvgIpc) is 3.02. The van der Waals surface area contributed by atoms with E-state index in [1.54, 1.807) is 12.4 Å². The molecule has 5 nitrogen and oxygen atoms in total. The van der Waals surface area contributed by atoms with Crippen molar-refractivity contribution in [3.05, 3.63) is 53.6 Å². The first kappa shape index (κ1) is 18.4. The molecule has 0 spiro atoms. The topological polar surface area (TPSA) is 52.5 Å². The number of rotatable bonds is 4. The van der Waals surface area contributed by atoms with Crippen LogP contribution in [0.5, 0.6) is 0 Å². The number of aliphatic hydroxyl groups excluding tert-OH is 1. The molecule has 27 heavy (non-hydrogen) atoms. The van der Waals surface area contributed by atoms with Crippen LogP contribution in [0.2, 0.25) is 0 Å². The van der Waals surface area contributed by atoms with Crippen LogP contribution in [-0.2, 0) is 6.42 Å². The predicted octanol–water partition coefficient (Wildman–Crippen LogP) is 2.60. The van der Waals surface area contributed by atoms with Crippen LogP contribution >= 0.6 is 0 Å². The van der Waals surface area contributed by atoms with Crippen LogP contribution in [0.1, 0.15) is 29.7 Å². The van der Waals surface area contributed by atoms with Crippen molar-refractivity contribution in [3.63, 3.8) is 0 Å². The van der Waals surface area contributed by atoms with Gasteiger partial charge >= 0.3 is 0 Å². The van der Waals surface area contributed by atoms with Crippen LogP contribution in [0.3, 0.4) is 0 Å². The van der Waals surface area contributed by atoms with Crippen molar-refractivity contribution in [3.8, 4) is 0 Å². The Labute approximate surface area is 162 Å². The van der Waals surface area contributed by atoms with E-state index in [1.165, 1.54) is 16.8 Å². The summed E-state index contributed by atoms with van der Waals surface area (Å²) in [6, 6.07) is 7.40. The molecule has 0 amide bonds. The first-order chi connectivity index (χ1) is 13.1. The van der Waals surface area contributed by atoms with E-state index < -0.39 is 0 Å². The lowest BCUT2D eigenvalue weighted by Gasteiger charge is -2.38. The quantitative estimate of drug-likeness (QED) is 0.901. The Kier molecular flexibility index (Phi) is 5.41. The lowest BCUT2D eigenvalue weighted by molar-refractivity contribution is 0.131. The van der Waals surface area contributed by atoms with Gasteiger partial charge in [-0.05, 0) is 56.4 Å². The number of nitrogens with zero attached hydrogens (tertiary/aromatic N) is 4. The zero-order chi connectivity index (χ0) is 18.8. The Bertz CT molecular complexity index is 738. The van der Waals surface area contributed by atoms with E-state index in [-0.39, 0.29) is 12.0 Å². The maximum atomic E-state index is 10.5. The van der Waals surface area contributed by atoms with Crippen LogP contribution in [-0.4, -0.2) is 58.3 Å². The summed E-state index contributed by atoms with van der Waals surface area (Å²) in [6.07, 6.45) is 8.13. The minimum Gasteiger partial charge on any atom is -0.391 e. The van der Waals surface area contributed by atoms with Gasteiger partial charge in [0.15, 0.2) is 0 Å². The first-order valence-corrected chi connectivity index (χ1v) is 10.1. The molecule has 2 aliphatic heterocycles. The fraction of sp³-hybridized carbons (Fsp3) is 0.545. The van der Waals surface area contributed by atoms with Crippen molar-refractivity contribution in [1.82, 2.24) is 14.9 Å². The number of aromatic nitrogens is 2. The highest BCUT2D eigenvalue weighted by Gasteiger charge is 2.36. The van der Waals surface area contributed by atoms with Crippen molar-refractivity contribution in [2.45, 2.75) is 45.3 Å². The van der Waals surface area contributed by atoms with E-state index in [9.17, 15) is 5.11 Å². The molecule has 4 rings (SSSR count). The zero-order valence-electron chi connectivity index (χ0n) is 16.4. The van der Waals surface area contributed by atoms with Crippen molar-refractivity contribution >= 4 is 5.69 Å². The van der Waals surface area contributed by atoms with Crippen molar-refractivity contribution in [2.24, 2.45) is 5.92 Å². The molecule has 1 N–H and O–H groups in total. The molecule has 2 aliphatic rings. The van der Waals surface area contributed by atoms with Gasteiger partial charge in [-0.1, -0.05) is 6.07 Å². The van der Waals surface area contributed by atoms with Gasteiger partial charge in [0.2, 0.25) is 0 Å². The lowest BCUT2D eigenvalue weighted by Crippen LogP contribution is -2.44. The third-order valence-electron chi connectivity index (χ3n) is 6.08. The van der Waals surface area contributed by atoms with Crippen LogP contribution < -0.4 is 4.90 Å². The molecule has 3 heterocycles. The summed E-state index contributed by atoms with van der Waals surface area (Å²) in [5.74, 6) is 0.263. The first-order valence-electron chi connectivity index (χ1n) is 10.1. The molecule has 5 heteroatoms. The van der Waals surface area contributed by atoms with Gasteiger partial charge in [0.1, 0.15) is 0 Å². The Morgan fingerprint density at radius 2 is 1.78 bits per heavy atom. The summed E-state index contributed by atoms with van der Waals surface area (Å²) < 4.78 is 0. The number of anilines is 1. The SMILES string of the molecule is Cc1cc(C)cc(N2CCC(N3C[C@@H](Cc4cnccn4)[C@H](O)C3)CC2)c1. The van der Waals surface area contributed by atoms with E-state index in [2.05, 4.69) is 51.8 Å².